The molecule has 1 aliphatic rings. The largest absolute Gasteiger partial charge is 0.484 e. The monoisotopic (exact) mass is 420 g/mol. The van der Waals surface area contributed by atoms with Crippen molar-refractivity contribution in [2.75, 3.05) is 29.9 Å². The number of nitrogens with zero attached hydrogens (tertiary/aromatic N) is 1. The number of rotatable bonds is 6. The van der Waals surface area contributed by atoms with Gasteiger partial charge in [0.2, 0.25) is 0 Å². The molecule has 1 amide bonds. The molecular formula is C23H27F3N2O2. The predicted molar refractivity (Wildman–Crippen MR) is 112 cm³/mol. The van der Waals surface area contributed by atoms with E-state index >= 15 is 0 Å². The number of carbonyl (C=O) groups is 1. The number of piperidine rings is 1. The molecular weight excluding hydrogens is 393 g/mol. The number of hydrogen-bond acceptors (Lipinski definition) is 3. The number of halogens is 3. The quantitative estimate of drug-likeness (QED) is 0.639. The van der Waals surface area contributed by atoms with Crippen molar-refractivity contribution in [2.45, 2.75) is 45.2 Å². The molecule has 0 atom stereocenters. The summed E-state index contributed by atoms with van der Waals surface area (Å²) in [5.74, 6) is 0.423. The van der Waals surface area contributed by atoms with Gasteiger partial charge in [-0.2, -0.15) is 13.2 Å². The van der Waals surface area contributed by atoms with Crippen LogP contribution in [0.15, 0.2) is 42.5 Å². The molecule has 1 aliphatic heterocycles. The molecule has 162 valence electrons. The summed E-state index contributed by atoms with van der Waals surface area (Å²) in [6.45, 7) is 5.40. The maximum atomic E-state index is 13.2. The van der Waals surface area contributed by atoms with Crippen LogP contribution in [0.3, 0.4) is 0 Å². The number of benzene rings is 2. The van der Waals surface area contributed by atoms with Crippen LogP contribution in [0.1, 0.15) is 50.2 Å². The van der Waals surface area contributed by atoms with E-state index in [1.165, 1.54) is 6.07 Å². The van der Waals surface area contributed by atoms with E-state index in [4.69, 9.17) is 4.74 Å². The van der Waals surface area contributed by atoms with Gasteiger partial charge in [-0.1, -0.05) is 26.0 Å². The lowest BCUT2D eigenvalue weighted by atomic mass is 10.0. The van der Waals surface area contributed by atoms with Crippen LogP contribution >= 0.6 is 0 Å². The zero-order valence-corrected chi connectivity index (χ0v) is 17.3. The average Bonchev–Trinajstić information content (AvgIpc) is 2.72. The van der Waals surface area contributed by atoms with Gasteiger partial charge in [0.15, 0.2) is 6.61 Å². The highest BCUT2D eigenvalue weighted by molar-refractivity contribution is 5.95. The summed E-state index contributed by atoms with van der Waals surface area (Å²) >= 11 is 0. The first-order chi connectivity index (χ1) is 14.2. The van der Waals surface area contributed by atoms with Crippen molar-refractivity contribution < 1.29 is 22.7 Å². The Hall–Kier alpha value is -2.70. The van der Waals surface area contributed by atoms with Crippen LogP contribution in [0.2, 0.25) is 0 Å². The maximum absolute atomic E-state index is 13.2. The van der Waals surface area contributed by atoms with E-state index in [2.05, 4.69) is 19.2 Å². The van der Waals surface area contributed by atoms with Gasteiger partial charge >= 0.3 is 6.18 Å². The van der Waals surface area contributed by atoms with Gasteiger partial charge < -0.3 is 15.0 Å². The van der Waals surface area contributed by atoms with Crippen LogP contribution in [0.25, 0.3) is 0 Å². The van der Waals surface area contributed by atoms with Crippen LogP contribution < -0.4 is 15.0 Å². The minimum Gasteiger partial charge on any atom is -0.484 e. The first-order valence-electron chi connectivity index (χ1n) is 10.2. The molecule has 1 fully saturated rings. The van der Waals surface area contributed by atoms with Crippen molar-refractivity contribution >= 4 is 17.3 Å². The number of amides is 1. The van der Waals surface area contributed by atoms with Crippen molar-refractivity contribution in [1.29, 1.82) is 0 Å². The molecule has 30 heavy (non-hydrogen) atoms. The summed E-state index contributed by atoms with van der Waals surface area (Å²) < 4.78 is 45.1. The second-order valence-electron chi connectivity index (χ2n) is 7.84. The molecule has 3 rings (SSSR count). The van der Waals surface area contributed by atoms with E-state index in [9.17, 15) is 18.0 Å². The lowest BCUT2D eigenvalue weighted by Crippen LogP contribution is -2.31. The molecule has 0 radical (unpaired) electrons. The summed E-state index contributed by atoms with van der Waals surface area (Å²) in [5.41, 5.74) is 1.14. The molecule has 0 saturated carbocycles. The topological polar surface area (TPSA) is 41.6 Å². The summed E-state index contributed by atoms with van der Waals surface area (Å²) in [4.78, 5) is 14.4. The van der Waals surface area contributed by atoms with Gasteiger partial charge in [0.25, 0.3) is 5.91 Å². The molecule has 0 unspecified atom stereocenters. The van der Waals surface area contributed by atoms with Gasteiger partial charge in [0.05, 0.1) is 16.9 Å². The lowest BCUT2D eigenvalue weighted by Gasteiger charge is -2.31. The normalized spacial score (nSPS) is 14.7. The third kappa shape index (κ3) is 5.68. The molecule has 2 aromatic rings. The molecule has 1 heterocycles. The molecule has 0 bridgehead atoms. The standard InChI is InChI=1S/C23H27F3N2O2/c1-16(2)17-6-9-19(10-7-17)30-15-22(29)27-20-14-18(23(24,25)26)8-11-21(20)28-12-4-3-5-13-28/h6-11,14,16H,3-5,12-13,15H2,1-2H3,(H,27,29). The first kappa shape index (κ1) is 22.0. The first-order valence-corrected chi connectivity index (χ1v) is 10.2. The van der Waals surface area contributed by atoms with Gasteiger partial charge in [-0.15, -0.1) is 0 Å². The Morgan fingerprint density at radius 1 is 1.07 bits per heavy atom. The van der Waals surface area contributed by atoms with Crippen LogP contribution in [-0.2, 0) is 11.0 Å². The van der Waals surface area contributed by atoms with E-state index in [0.717, 1.165) is 50.0 Å². The fourth-order valence-electron chi connectivity index (χ4n) is 3.51. The number of hydrogen-bond donors (Lipinski definition) is 1. The second kappa shape index (κ2) is 9.41. The fourth-order valence-corrected chi connectivity index (χ4v) is 3.51. The highest BCUT2D eigenvalue weighted by atomic mass is 19.4. The van der Waals surface area contributed by atoms with Gasteiger partial charge in [-0.25, -0.2) is 0 Å². The van der Waals surface area contributed by atoms with E-state index in [1.54, 1.807) is 12.1 Å². The Balaban J connectivity index is 1.71. The Morgan fingerprint density at radius 2 is 1.73 bits per heavy atom. The average molecular weight is 420 g/mol. The summed E-state index contributed by atoms with van der Waals surface area (Å²) in [7, 11) is 0. The molecule has 0 aliphatic carbocycles. The summed E-state index contributed by atoms with van der Waals surface area (Å²) in [6.07, 6.45) is -1.43. The van der Waals surface area contributed by atoms with E-state index < -0.39 is 17.6 Å². The Morgan fingerprint density at radius 3 is 2.33 bits per heavy atom. The van der Waals surface area contributed by atoms with Gasteiger partial charge in [-0.3, -0.25) is 4.79 Å². The molecule has 1 N–H and O–H groups in total. The summed E-state index contributed by atoms with van der Waals surface area (Å²) in [6, 6.07) is 10.9. The SMILES string of the molecule is CC(C)c1ccc(OCC(=O)Nc2cc(C(F)(F)F)ccc2N2CCCCC2)cc1. The smallest absolute Gasteiger partial charge is 0.416 e. The van der Waals surface area contributed by atoms with Gasteiger partial charge in [0, 0.05) is 13.1 Å². The Labute approximate surface area is 175 Å². The second-order valence-corrected chi connectivity index (χ2v) is 7.84. The number of alkyl halides is 3. The third-order valence-electron chi connectivity index (χ3n) is 5.21. The van der Waals surface area contributed by atoms with Crippen molar-refractivity contribution in [3.05, 3.63) is 53.6 Å². The third-order valence-corrected chi connectivity index (χ3v) is 5.21. The minimum absolute atomic E-state index is 0.162. The number of ether oxygens (including phenoxy) is 1. The van der Waals surface area contributed by atoms with Crippen molar-refractivity contribution in [3.63, 3.8) is 0 Å². The molecule has 1 saturated heterocycles. The minimum atomic E-state index is -4.48. The number of nitrogens with one attached hydrogen (secondary N) is 1. The Bertz CT molecular complexity index is 858. The van der Waals surface area contributed by atoms with Crippen molar-refractivity contribution in [3.8, 4) is 5.75 Å². The number of carbonyl (C=O) groups excluding carboxylic acids is 1. The van der Waals surface area contributed by atoms with E-state index in [1.807, 2.05) is 17.0 Å². The summed E-state index contributed by atoms with van der Waals surface area (Å²) in [5, 5.41) is 2.61. The van der Waals surface area contributed by atoms with Crippen LogP contribution in [0.5, 0.6) is 5.75 Å². The maximum Gasteiger partial charge on any atom is 0.416 e. The molecule has 0 aromatic heterocycles. The predicted octanol–water partition coefficient (Wildman–Crippen LogP) is 5.84. The van der Waals surface area contributed by atoms with E-state index in [0.29, 0.717) is 17.4 Å². The highest BCUT2D eigenvalue weighted by Gasteiger charge is 2.31. The van der Waals surface area contributed by atoms with Crippen LogP contribution in [0.4, 0.5) is 24.5 Å². The highest BCUT2D eigenvalue weighted by Crippen LogP contribution is 2.36. The molecule has 7 heteroatoms. The zero-order chi connectivity index (χ0) is 21.7. The van der Waals surface area contributed by atoms with Gasteiger partial charge in [-0.05, 0) is 61.1 Å². The molecule has 2 aromatic carbocycles. The van der Waals surface area contributed by atoms with Gasteiger partial charge in [0.1, 0.15) is 5.75 Å². The van der Waals surface area contributed by atoms with Crippen molar-refractivity contribution in [1.82, 2.24) is 0 Å². The van der Waals surface area contributed by atoms with E-state index in [-0.39, 0.29) is 12.3 Å². The van der Waals surface area contributed by atoms with Crippen molar-refractivity contribution in [2.24, 2.45) is 0 Å². The number of anilines is 2. The van der Waals surface area contributed by atoms with Crippen LogP contribution in [-0.4, -0.2) is 25.6 Å². The lowest BCUT2D eigenvalue weighted by molar-refractivity contribution is -0.137. The molecule has 4 nitrogen and oxygen atoms in total. The Kier molecular flexibility index (Phi) is 6.90. The fraction of sp³-hybridized carbons (Fsp3) is 0.435. The van der Waals surface area contributed by atoms with Crippen LogP contribution in [0, 0.1) is 0 Å². The molecule has 0 spiro atoms. The zero-order valence-electron chi connectivity index (χ0n) is 17.3.